The second-order valence-electron chi connectivity index (χ2n) is 5.75. The van der Waals surface area contributed by atoms with E-state index in [0.29, 0.717) is 0 Å². The Balaban J connectivity index is 1.64. The minimum Gasteiger partial charge on any atom is -0.355 e. The van der Waals surface area contributed by atoms with Gasteiger partial charge >= 0.3 is 0 Å². The van der Waals surface area contributed by atoms with E-state index in [1.165, 1.54) is 38.8 Å². The van der Waals surface area contributed by atoms with Gasteiger partial charge in [0.25, 0.3) is 0 Å². The highest BCUT2D eigenvalue weighted by Crippen LogP contribution is 2.22. The lowest BCUT2D eigenvalue weighted by Gasteiger charge is -2.29. The highest BCUT2D eigenvalue weighted by Gasteiger charge is 2.27. The molecule has 1 amide bonds. The third kappa shape index (κ3) is 3.95. The maximum atomic E-state index is 12.0. The summed E-state index contributed by atoms with van der Waals surface area (Å²) < 4.78 is 0. The minimum absolute atomic E-state index is 0.0557. The van der Waals surface area contributed by atoms with Crippen LogP contribution >= 0.6 is 0 Å². The number of carbonyl (C=O) groups excluding carboxylic acids is 1. The van der Waals surface area contributed by atoms with Gasteiger partial charge in [-0.1, -0.05) is 19.3 Å². The molecule has 4 nitrogen and oxygen atoms in total. The van der Waals surface area contributed by atoms with Crippen LogP contribution in [-0.4, -0.2) is 43.0 Å². The van der Waals surface area contributed by atoms with Gasteiger partial charge in [-0.05, 0) is 38.8 Å². The van der Waals surface area contributed by atoms with Crippen molar-refractivity contribution in [3.05, 3.63) is 0 Å². The molecule has 0 aromatic heterocycles. The van der Waals surface area contributed by atoms with E-state index in [0.717, 1.165) is 32.4 Å². The van der Waals surface area contributed by atoms with Gasteiger partial charge in [0, 0.05) is 19.1 Å². The van der Waals surface area contributed by atoms with E-state index >= 15 is 0 Å². The van der Waals surface area contributed by atoms with Crippen molar-refractivity contribution < 1.29 is 4.79 Å². The number of rotatable bonds is 4. The molecular formula is C14H27N3O. The molecule has 0 radical (unpaired) electrons. The first-order valence-electron chi connectivity index (χ1n) is 7.53. The van der Waals surface area contributed by atoms with E-state index in [1.807, 2.05) is 0 Å². The number of nitrogens with one attached hydrogen (secondary N) is 1. The lowest BCUT2D eigenvalue weighted by Crippen LogP contribution is -2.45. The quantitative estimate of drug-likeness (QED) is 0.789. The molecule has 1 saturated carbocycles. The largest absolute Gasteiger partial charge is 0.355 e. The SMILES string of the molecule is NC1CCCCC1C(=O)NCCN1CCCCC1. The standard InChI is InChI=1S/C14H27N3O/c15-13-7-3-2-6-12(13)14(18)16-8-11-17-9-4-1-5-10-17/h12-13H,1-11,15H2,(H,16,18). The maximum Gasteiger partial charge on any atom is 0.224 e. The molecule has 0 aromatic rings. The van der Waals surface area contributed by atoms with Crippen molar-refractivity contribution in [3.63, 3.8) is 0 Å². The van der Waals surface area contributed by atoms with Gasteiger partial charge in [-0.15, -0.1) is 0 Å². The van der Waals surface area contributed by atoms with Gasteiger partial charge in [0.1, 0.15) is 0 Å². The van der Waals surface area contributed by atoms with Crippen LogP contribution in [0.1, 0.15) is 44.9 Å². The number of amides is 1. The van der Waals surface area contributed by atoms with Gasteiger partial charge < -0.3 is 16.0 Å². The number of carbonyl (C=O) groups is 1. The molecule has 0 bridgehead atoms. The monoisotopic (exact) mass is 253 g/mol. The Kier molecular flexibility index (Phi) is 5.45. The average molecular weight is 253 g/mol. The molecule has 0 spiro atoms. The second kappa shape index (κ2) is 7.10. The fourth-order valence-electron chi connectivity index (χ4n) is 3.14. The van der Waals surface area contributed by atoms with Gasteiger partial charge in [-0.2, -0.15) is 0 Å². The predicted molar refractivity (Wildman–Crippen MR) is 73.2 cm³/mol. The smallest absolute Gasteiger partial charge is 0.224 e. The second-order valence-corrected chi connectivity index (χ2v) is 5.75. The highest BCUT2D eigenvalue weighted by molar-refractivity contribution is 5.79. The zero-order chi connectivity index (χ0) is 12.8. The third-order valence-electron chi connectivity index (χ3n) is 4.33. The number of hydrogen-bond donors (Lipinski definition) is 2. The maximum absolute atomic E-state index is 12.0. The molecule has 2 fully saturated rings. The van der Waals surface area contributed by atoms with Crippen molar-refractivity contribution in [1.29, 1.82) is 0 Å². The van der Waals surface area contributed by atoms with Crippen LogP contribution in [0.3, 0.4) is 0 Å². The van der Waals surface area contributed by atoms with Crippen molar-refractivity contribution in [3.8, 4) is 0 Å². The first-order valence-corrected chi connectivity index (χ1v) is 7.53. The molecule has 1 heterocycles. The van der Waals surface area contributed by atoms with Crippen LogP contribution in [0.15, 0.2) is 0 Å². The molecule has 3 N–H and O–H groups in total. The zero-order valence-corrected chi connectivity index (χ0v) is 11.4. The molecule has 1 aliphatic carbocycles. The topological polar surface area (TPSA) is 58.4 Å². The van der Waals surface area contributed by atoms with Crippen LogP contribution in [-0.2, 0) is 4.79 Å². The van der Waals surface area contributed by atoms with E-state index in [4.69, 9.17) is 5.73 Å². The predicted octanol–water partition coefficient (Wildman–Crippen LogP) is 1.11. The van der Waals surface area contributed by atoms with E-state index in [9.17, 15) is 4.79 Å². The average Bonchev–Trinajstić information content (AvgIpc) is 2.40. The van der Waals surface area contributed by atoms with Crippen LogP contribution in [0, 0.1) is 5.92 Å². The summed E-state index contributed by atoms with van der Waals surface area (Å²) in [6, 6.07) is 0.0775. The Bertz CT molecular complexity index is 264. The molecule has 2 rings (SSSR count). The van der Waals surface area contributed by atoms with E-state index < -0.39 is 0 Å². The molecule has 1 saturated heterocycles. The fourth-order valence-corrected chi connectivity index (χ4v) is 3.14. The van der Waals surface area contributed by atoms with Gasteiger partial charge in [-0.25, -0.2) is 0 Å². The molecular weight excluding hydrogens is 226 g/mol. The summed E-state index contributed by atoms with van der Waals surface area (Å²) in [5.74, 6) is 0.235. The van der Waals surface area contributed by atoms with Crippen molar-refractivity contribution >= 4 is 5.91 Å². The first-order chi connectivity index (χ1) is 8.77. The van der Waals surface area contributed by atoms with Crippen molar-refractivity contribution in [2.45, 2.75) is 51.0 Å². The van der Waals surface area contributed by atoms with E-state index in [2.05, 4.69) is 10.2 Å². The van der Waals surface area contributed by atoms with Gasteiger partial charge in [0.05, 0.1) is 5.92 Å². The summed E-state index contributed by atoms with van der Waals surface area (Å²) in [5.41, 5.74) is 6.02. The van der Waals surface area contributed by atoms with E-state index in [-0.39, 0.29) is 17.9 Å². The number of nitrogens with zero attached hydrogens (tertiary/aromatic N) is 1. The molecule has 4 heteroatoms. The van der Waals surface area contributed by atoms with Crippen LogP contribution in [0.5, 0.6) is 0 Å². The van der Waals surface area contributed by atoms with Crippen LogP contribution < -0.4 is 11.1 Å². The molecule has 2 atom stereocenters. The summed E-state index contributed by atoms with van der Waals surface area (Å²) in [7, 11) is 0. The molecule has 18 heavy (non-hydrogen) atoms. The van der Waals surface area contributed by atoms with Crippen LogP contribution in [0.25, 0.3) is 0 Å². The fraction of sp³-hybridized carbons (Fsp3) is 0.929. The lowest BCUT2D eigenvalue weighted by molar-refractivity contribution is -0.126. The first kappa shape index (κ1) is 13.8. The number of hydrogen-bond acceptors (Lipinski definition) is 3. The Hall–Kier alpha value is -0.610. The zero-order valence-electron chi connectivity index (χ0n) is 11.4. The van der Waals surface area contributed by atoms with Crippen LogP contribution in [0.4, 0.5) is 0 Å². The summed E-state index contributed by atoms with van der Waals surface area (Å²) >= 11 is 0. The normalized spacial score (nSPS) is 30.1. The van der Waals surface area contributed by atoms with Crippen LogP contribution in [0.2, 0.25) is 0 Å². The summed E-state index contributed by atoms with van der Waals surface area (Å²) in [6.07, 6.45) is 8.28. The molecule has 2 aliphatic rings. The van der Waals surface area contributed by atoms with Crippen molar-refractivity contribution in [1.82, 2.24) is 10.2 Å². The molecule has 104 valence electrons. The number of piperidine rings is 1. The Morgan fingerprint density at radius 1 is 1.11 bits per heavy atom. The summed E-state index contributed by atoms with van der Waals surface area (Å²) in [4.78, 5) is 14.5. The summed E-state index contributed by atoms with van der Waals surface area (Å²) in [6.45, 7) is 4.16. The van der Waals surface area contributed by atoms with Crippen molar-refractivity contribution in [2.75, 3.05) is 26.2 Å². The molecule has 1 aliphatic heterocycles. The highest BCUT2D eigenvalue weighted by atomic mass is 16.1. The number of nitrogens with two attached hydrogens (primary N) is 1. The van der Waals surface area contributed by atoms with Gasteiger partial charge in [0.15, 0.2) is 0 Å². The summed E-state index contributed by atoms with van der Waals surface area (Å²) in [5, 5.41) is 3.07. The third-order valence-corrected chi connectivity index (χ3v) is 4.33. The van der Waals surface area contributed by atoms with Gasteiger partial charge in [-0.3, -0.25) is 4.79 Å². The minimum atomic E-state index is 0.0557. The van der Waals surface area contributed by atoms with E-state index in [1.54, 1.807) is 0 Å². The number of likely N-dealkylation sites (tertiary alicyclic amines) is 1. The van der Waals surface area contributed by atoms with Gasteiger partial charge in [0.2, 0.25) is 5.91 Å². The Morgan fingerprint density at radius 3 is 2.56 bits per heavy atom. The molecule has 0 aromatic carbocycles. The van der Waals surface area contributed by atoms with Crippen molar-refractivity contribution in [2.24, 2.45) is 11.7 Å². The Labute approximate surface area is 110 Å². The Morgan fingerprint density at radius 2 is 1.83 bits per heavy atom. The lowest BCUT2D eigenvalue weighted by atomic mass is 9.84. The molecule has 2 unspecified atom stereocenters.